The average Bonchev–Trinajstić information content (AvgIpc) is 3.37. The molecule has 0 spiro atoms. The molecule has 2 aromatic carbocycles. The maximum absolute atomic E-state index is 14.3. The number of thioether (sulfide) groups is 1. The van der Waals surface area contributed by atoms with Gasteiger partial charge < -0.3 is 0 Å². The average molecular weight is 412 g/mol. The number of carbonyl (C=O) groups excluding carboxylic acids is 1. The molecule has 7 nitrogen and oxygen atoms in total. The number of para-hydroxylation sites is 1. The summed E-state index contributed by atoms with van der Waals surface area (Å²) in [6.07, 6.45) is 0. The van der Waals surface area contributed by atoms with Gasteiger partial charge >= 0.3 is 0 Å². The summed E-state index contributed by atoms with van der Waals surface area (Å²) in [4.78, 5) is 12.2. The van der Waals surface area contributed by atoms with Gasteiger partial charge in [-0.25, -0.2) is 4.39 Å². The lowest BCUT2D eigenvalue weighted by Gasteiger charge is -2.10. The Kier molecular flexibility index (Phi) is 5.40. The van der Waals surface area contributed by atoms with Gasteiger partial charge in [0, 0.05) is 5.69 Å². The highest BCUT2D eigenvalue weighted by molar-refractivity contribution is 7.99. The molecule has 140 valence electrons. The van der Waals surface area contributed by atoms with Crippen molar-refractivity contribution in [2.24, 2.45) is 0 Å². The van der Waals surface area contributed by atoms with Crippen LogP contribution in [0.25, 0.3) is 17.1 Å². The molecule has 4 aromatic rings. The highest BCUT2D eigenvalue weighted by Gasteiger charge is 2.19. The Hall–Kier alpha value is -3.11. The van der Waals surface area contributed by atoms with Gasteiger partial charge in [0.2, 0.25) is 11.0 Å². The molecule has 0 atom stereocenters. The molecule has 0 saturated heterocycles. The summed E-state index contributed by atoms with van der Waals surface area (Å²) in [6, 6.07) is 15.8. The summed E-state index contributed by atoms with van der Waals surface area (Å²) in [6.45, 7) is 0. The molecule has 1 amide bonds. The fourth-order valence-electron chi connectivity index (χ4n) is 2.50. The zero-order chi connectivity index (χ0) is 19.3. The van der Waals surface area contributed by atoms with Gasteiger partial charge in [0.1, 0.15) is 11.3 Å². The Morgan fingerprint density at radius 3 is 2.61 bits per heavy atom. The Labute approximate surface area is 167 Å². The number of hydrogen-bond donors (Lipinski definition) is 1. The van der Waals surface area contributed by atoms with Crippen LogP contribution in [0.15, 0.2) is 65.3 Å². The molecule has 2 aromatic heterocycles. The monoisotopic (exact) mass is 412 g/mol. The molecular formula is C18H13FN6OS2. The third-order valence-electron chi connectivity index (χ3n) is 3.70. The largest absolute Gasteiger partial charge is 0.300 e. The van der Waals surface area contributed by atoms with Crippen LogP contribution in [-0.2, 0) is 4.79 Å². The van der Waals surface area contributed by atoms with E-state index in [2.05, 4.69) is 25.7 Å². The third-order valence-corrected chi connectivity index (χ3v) is 5.24. The van der Waals surface area contributed by atoms with E-state index in [1.54, 1.807) is 22.8 Å². The van der Waals surface area contributed by atoms with E-state index in [1.807, 2.05) is 30.3 Å². The second-order valence-corrected chi connectivity index (χ2v) is 7.31. The first-order valence-corrected chi connectivity index (χ1v) is 10.0. The Balaban J connectivity index is 1.64. The van der Waals surface area contributed by atoms with Crippen LogP contribution in [0.5, 0.6) is 0 Å². The van der Waals surface area contributed by atoms with E-state index < -0.39 is 5.82 Å². The zero-order valence-electron chi connectivity index (χ0n) is 14.3. The summed E-state index contributed by atoms with van der Waals surface area (Å²) < 4.78 is 16.1. The number of nitrogens with one attached hydrogen (secondary N) is 1. The van der Waals surface area contributed by atoms with Crippen LogP contribution >= 0.6 is 23.1 Å². The van der Waals surface area contributed by atoms with Crippen molar-refractivity contribution in [1.82, 2.24) is 25.0 Å². The van der Waals surface area contributed by atoms with Crippen LogP contribution in [0.4, 0.5) is 9.52 Å². The summed E-state index contributed by atoms with van der Waals surface area (Å²) >= 11 is 2.44. The van der Waals surface area contributed by atoms with Crippen LogP contribution in [-0.4, -0.2) is 36.6 Å². The SMILES string of the molecule is O=C(CSc1nnc(-c2ccccc2F)n1-c1ccccc1)Nc1nncs1. The van der Waals surface area contributed by atoms with Gasteiger partial charge in [-0.3, -0.25) is 14.7 Å². The van der Waals surface area contributed by atoms with E-state index in [0.717, 1.165) is 5.69 Å². The summed E-state index contributed by atoms with van der Waals surface area (Å²) in [5, 5.41) is 19.4. The molecule has 1 N–H and O–H groups in total. The molecule has 10 heteroatoms. The van der Waals surface area contributed by atoms with Gasteiger partial charge in [0.25, 0.3) is 0 Å². The van der Waals surface area contributed by atoms with Gasteiger partial charge in [-0.05, 0) is 24.3 Å². The van der Waals surface area contributed by atoms with E-state index in [9.17, 15) is 9.18 Å². The lowest BCUT2D eigenvalue weighted by atomic mass is 10.2. The minimum Gasteiger partial charge on any atom is -0.300 e. The summed E-state index contributed by atoms with van der Waals surface area (Å²) in [5.74, 6) is -0.160. The number of rotatable bonds is 6. The van der Waals surface area contributed by atoms with E-state index in [-0.39, 0.29) is 11.7 Å². The molecule has 0 bridgehead atoms. The molecule has 0 radical (unpaired) electrons. The van der Waals surface area contributed by atoms with Gasteiger partial charge in [-0.15, -0.1) is 20.4 Å². The molecule has 0 aliphatic heterocycles. The lowest BCUT2D eigenvalue weighted by Crippen LogP contribution is -2.14. The highest BCUT2D eigenvalue weighted by Crippen LogP contribution is 2.29. The molecular weight excluding hydrogens is 399 g/mol. The van der Waals surface area contributed by atoms with Crippen molar-refractivity contribution in [3.8, 4) is 17.1 Å². The lowest BCUT2D eigenvalue weighted by molar-refractivity contribution is -0.113. The maximum atomic E-state index is 14.3. The topological polar surface area (TPSA) is 85.6 Å². The number of anilines is 1. The van der Waals surface area contributed by atoms with Gasteiger partial charge in [-0.1, -0.05) is 53.4 Å². The van der Waals surface area contributed by atoms with Crippen LogP contribution in [0.1, 0.15) is 0 Å². The summed E-state index contributed by atoms with van der Waals surface area (Å²) in [7, 11) is 0. The highest BCUT2D eigenvalue weighted by atomic mass is 32.2. The molecule has 0 aliphatic rings. The molecule has 2 heterocycles. The van der Waals surface area contributed by atoms with Crippen LogP contribution in [0, 0.1) is 5.82 Å². The van der Waals surface area contributed by atoms with Crippen LogP contribution in [0.3, 0.4) is 0 Å². The molecule has 28 heavy (non-hydrogen) atoms. The predicted molar refractivity (Wildman–Crippen MR) is 106 cm³/mol. The van der Waals surface area contributed by atoms with E-state index in [1.165, 1.54) is 34.7 Å². The molecule has 0 unspecified atom stereocenters. The second kappa shape index (κ2) is 8.28. The Bertz CT molecular complexity index is 1080. The van der Waals surface area contributed by atoms with Crippen molar-refractivity contribution in [3.05, 3.63) is 65.9 Å². The van der Waals surface area contributed by atoms with Crippen molar-refractivity contribution >= 4 is 34.1 Å². The van der Waals surface area contributed by atoms with Gasteiger partial charge in [-0.2, -0.15) is 0 Å². The van der Waals surface area contributed by atoms with Crippen molar-refractivity contribution in [3.63, 3.8) is 0 Å². The maximum Gasteiger partial charge on any atom is 0.236 e. The molecule has 0 fully saturated rings. The standard InChI is InChI=1S/C18H13FN6OS2/c19-14-9-5-4-8-13(14)16-22-24-18(25(16)12-6-2-1-3-7-12)27-10-15(26)21-17-23-20-11-28-17/h1-9,11H,10H2,(H,21,23,26). The smallest absolute Gasteiger partial charge is 0.236 e. The third kappa shape index (κ3) is 3.92. The number of hydrogen-bond acceptors (Lipinski definition) is 7. The first-order valence-electron chi connectivity index (χ1n) is 8.17. The van der Waals surface area contributed by atoms with Gasteiger partial charge in [0.15, 0.2) is 11.0 Å². The Morgan fingerprint density at radius 2 is 1.86 bits per heavy atom. The summed E-state index contributed by atoms with van der Waals surface area (Å²) in [5.41, 5.74) is 2.65. The minimum absolute atomic E-state index is 0.0990. The Morgan fingerprint density at radius 1 is 1.07 bits per heavy atom. The van der Waals surface area contributed by atoms with Crippen LogP contribution < -0.4 is 5.32 Å². The number of carbonyl (C=O) groups is 1. The first kappa shape index (κ1) is 18.3. The predicted octanol–water partition coefficient (Wildman–Crippen LogP) is 3.66. The molecule has 0 saturated carbocycles. The quantitative estimate of drug-likeness (QED) is 0.487. The first-order chi connectivity index (χ1) is 13.7. The minimum atomic E-state index is -0.391. The van der Waals surface area contributed by atoms with Crippen molar-refractivity contribution < 1.29 is 9.18 Å². The normalized spacial score (nSPS) is 10.8. The fraction of sp³-hybridized carbons (Fsp3) is 0.0556. The molecule has 4 rings (SSSR count). The number of benzene rings is 2. The van der Waals surface area contributed by atoms with E-state index >= 15 is 0 Å². The number of amides is 1. The van der Waals surface area contributed by atoms with Gasteiger partial charge in [0.05, 0.1) is 11.3 Å². The number of aromatic nitrogens is 5. The zero-order valence-corrected chi connectivity index (χ0v) is 16.0. The fourth-order valence-corrected chi connectivity index (χ4v) is 3.72. The molecule has 0 aliphatic carbocycles. The van der Waals surface area contributed by atoms with Crippen molar-refractivity contribution in [1.29, 1.82) is 0 Å². The van der Waals surface area contributed by atoms with Crippen LogP contribution in [0.2, 0.25) is 0 Å². The van der Waals surface area contributed by atoms with E-state index in [0.29, 0.717) is 21.7 Å². The second-order valence-electron chi connectivity index (χ2n) is 5.54. The van der Waals surface area contributed by atoms with Crippen molar-refractivity contribution in [2.45, 2.75) is 5.16 Å². The number of halogens is 1. The van der Waals surface area contributed by atoms with Crippen molar-refractivity contribution in [2.75, 3.05) is 11.1 Å². The van der Waals surface area contributed by atoms with E-state index in [4.69, 9.17) is 0 Å². The number of nitrogens with zero attached hydrogens (tertiary/aromatic N) is 5.